The molecule has 0 bridgehead atoms. The van der Waals surface area contributed by atoms with E-state index in [-0.39, 0.29) is 18.0 Å². The number of nitrogens with zero attached hydrogens (tertiary/aromatic N) is 4. The van der Waals surface area contributed by atoms with E-state index in [0.29, 0.717) is 17.0 Å². The van der Waals surface area contributed by atoms with Crippen LogP contribution in [-0.2, 0) is 6.42 Å². The van der Waals surface area contributed by atoms with Gasteiger partial charge in [0.1, 0.15) is 10.7 Å². The van der Waals surface area contributed by atoms with Crippen LogP contribution in [0.25, 0.3) is 0 Å². The third-order valence-corrected chi connectivity index (χ3v) is 4.98. The highest BCUT2D eigenvalue weighted by Crippen LogP contribution is 2.31. The van der Waals surface area contributed by atoms with E-state index >= 15 is 0 Å². The Morgan fingerprint density at radius 3 is 3.05 bits per heavy atom. The van der Waals surface area contributed by atoms with E-state index in [0.717, 1.165) is 30.2 Å². The van der Waals surface area contributed by atoms with Gasteiger partial charge in [0.15, 0.2) is 0 Å². The molecule has 3 atom stereocenters. The minimum atomic E-state index is -0.622. The number of aliphatic hydroxyl groups is 1. The zero-order valence-electron chi connectivity index (χ0n) is 12.6. The summed E-state index contributed by atoms with van der Waals surface area (Å²) >= 11 is 1.10. The van der Waals surface area contributed by atoms with E-state index in [1.807, 2.05) is 24.6 Å². The lowest BCUT2D eigenvalue weighted by Gasteiger charge is -2.22. The van der Waals surface area contributed by atoms with Crippen LogP contribution in [0.2, 0.25) is 0 Å². The molecule has 1 saturated carbocycles. The molecule has 1 aliphatic carbocycles. The summed E-state index contributed by atoms with van der Waals surface area (Å²) in [4.78, 5) is 17.1. The van der Waals surface area contributed by atoms with Crippen LogP contribution < -0.4 is 5.32 Å². The molecule has 1 amide bonds. The van der Waals surface area contributed by atoms with Crippen molar-refractivity contribution >= 4 is 17.4 Å². The molecule has 0 aromatic carbocycles. The number of aryl methyl sites for hydroxylation is 2. The largest absolute Gasteiger partial charge is 0.389 e. The highest BCUT2D eigenvalue weighted by molar-refractivity contribution is 7.08. The lowest BCUT2D eigenvalue weighted by atomic mass is 10.1. The maximum absolute atomic E-state index is 12.3. The van der Waals surface area contributed by atoms with Crippen molar-refractivity contribution in [3.63, 3.8) is 0 Å². The first-order chi connectivity index (χ1) is 10.6. The molecule has 0 aliphatic heterocycles. The van der Waals surface area contributed by atoms with Gasteiger partial charge in [0.05, 0.1) is 23.9 Å². The lowest BCUT2D eigenvalue weighted by Crippen LogP contribution is -2.42. The number of aliphatic hydroxyl groups excluding tert-OH is 1. The summed E-state index contributed by atoms with van der Waals surface area (Å²) in [5, 5.41) is 17.4. The molecule has 22 heavy (non-hydrogen) atoms. The number of carbonyl (C=O) groups excluding carboxylic acids is 1. The van der Waals surface area contributed by atoms with Crippen molar-refractivity contribution in [2.75, 3.05) is 0 Å². The van der Waals surface area contributed by atoms with Gasteiger partial charge in [0.25, 0.3) is 5.91 Å². The van der Waals surface area contributed by atoms with Gasteiger partial charge in [-0.25, -0.2) is 4.98 Å². The van der Waals surface area contributed by atoms with Crippen LogP contribution in [0.1, 0.15) is 47.0 Å². The lowest BCUT2D eigenvalue weighted by molar-refractivity contribution is 0.0814. The van der Waals surface area contributed by atoms with Crippen molar-refractivity contribution < 1.29 is 9.90 Å². The second kappa shape index (κ2) is 6.13. The Balaban J connectivity index is 1.70. The van der Waals surface area contributed by atoms with Crippen molar-refractivity contribution in [2.45, 2.75) is 51.3 Å². The van der Waals surface area contributed by atoms with Crippen molar-refractivity contribution in [2.24, 2.45) is 0 Å². The predicted octanol–water partition coefficient (Wildman–Crippen LogP) is 1.10. The van der Waals surface area contributed by atoms with Crippen LogP contribution in [0.15, 0.2) is 12.4 Å². The van der Waals surface area contributed by atoms with Gasteiger partial charge in [-0.15, -0.1) is 5.10 Å². The van der Waals surface area contributed by atoms with E-state index in [2.05, 4.69) is 19.9 Å². The molecule has 2 N–H and O–H groups in total. The molecule has 1 aliphatic rings. The van der Waals surface area contributed by atoms with Gasteiger partial charge >= 0.3 is 0 Å². The van der Waals surface area contributed by atoms with Crippen LogP contribution >= 0.6 is 11.5 Å². The average Bonchev–Trinajstić information content (AvgIpc) is 3.20. The highest BCUT2D eigenvalue weighted by atomic mass is 32.1. The number of nitrogens with one attached hydrogen (secondary N) is 1. The second-order valence-electron chi connectivity index (χ2n) is 5.50. The molecule has 118 valence electrons. The summed E-state index contributed by atoms with van der Waals surface area (Å²) < 4.78 is 5.81. The number of hydrogen-bond acceptors (Lipinski definition) is 6. The maximum atomic E-state index is 12.3. The fourth-order valence-corrected chi connectivity index (χ4v) is 3.66. The van der Waals surface area contributed by atoms with Gasteiger partial charge in [-0.2, -0.15) is 0 Å². The van der Waals surface area contributed by atoms with Crippen molar-refractivity contribution in [3.05, 3.63) is 28.8 Å². The molecular weight excluding hydrogens is 302 g/mol. The minimum Gasteiger partial charge on any atom is -0.389 e. The summed E-state index contributed by atoms with van der Waals surface area (Å²) in [7, 11) is 0. The molecule has 1 fully saturated rings. The average molecular weight is 321 g/mol. The molecule has 0 spiro atoms. The quantitative estimate of drug-likeness (QED) is 0.879. The number of hydrogen-bond donors (Lipinski definition) is 2. The molecule has 0 radical (unpaired) electrons. The summed E-state index contributed by atoms with van der Waals surface area (Å²) in [6, 6.07) is -0.302. The van der Waals surface area contributed by atoms with Crippen LogP contribution in [0.4, 0.5) is 0 Å². The Hall–Kier alpha value is -1.80. The zero-order valence-corrected chi connectivity index (χ0v) is 13.4. The molecule has 2 aromatic rings. The smallest absolute Gasteiger partial charge is 0.265 e. The fraction of sp³-hybridized carbons (Fsp3) is 0.571. The van der Waals surface area contributed by atoms with E-state index in [1.54, 1.807) is 6.20 Å². The standard InChI is InChI=1S/C14H19N5O2S/c1-3-9-13(22-18-17-9)14(21)16-10-4-5-11(12(10)20)19-7-6-15-8(19)2/h6-7,10-12,20H,3-5H2,1-2H3,(H,16,21)/t10-,11-,12-/m1/s1. The van der Waals surface area contributed by atoms with Crippen LogP contribution in [0.5, 0.6) is 0 Å². The van der Waals surface area contributed by atoms with E-state index < -0.39 is 6.10 Å². The molecule has 7 nitrogen and oxygen atoms in total. The summed E-state index contributed by atoms with van der Waals surface area (Å²) in [5.74, 6) is 0.676. The Labute approximate surface area is 132 Å². The third-order valence-electron chi connectivity index (χ3n) is 4.21. The molecule has 8 heteroatoms. The monoisotopic (exact) mass is 321 g/mol. The van der Waals surface area contributed by atoms with Crippen LogP contribution in [0, 0.1) is 6.92 Å². The van der Waals surface area contributed by atoms with E-state index in [1.165, 1.54) is 0 Å². The van der Waals surface area contributed by atoms with Gasteiger partial charge in [-0.3, -0.25) is 4.79 Å². The maximum Gasteiger partial charge on any atom is 0.265 e. The number of rotatable bonds is 4. The second-order valence-corrected chi connectivity index (χ2v) is 6.25. The van der Waals surface area contributed by atoms with Gasteiger partial charge in [-0.1, -0.05) is 11.4 Å². The molecule has 0 unspecified atom stereocenters. The molecule has 2 aromatic heterocycles. The molecule has 2 heterocycles. The molecular formula is C14H19N5O2S. The minimum absolute atomic E-state index is 0.0435. The van der Waals surface area contributed by atoms with E-state index in [4.69, 9.17) is 0 Å². The predicted molar refractivity (Wildman–Crippen MR) is 81.8 cm³/mol. The fourth-order valence-electron chi connectivity index (χ4n) is 3.01. The van der Waals surface area contributed by atoms with Crippen molar-refractivity contribution in [1.82, 2.24) is 24.5 Å². The number of aromatic nitrogens is 4. The van der Waals surface area contributed by atoms with E-state index in [9.17, 15) is 9.90 Å². The van der Waals surface area contributed by atoms with Gasteiger partial charge in [0.2, 0.25) is 0 Å². The Morgan fingerprint density at radius 2 is 2.36 bits per heavy atom. The Bertz CT molecular complexity index is 668. The number of amides is 1. The Morgan fingerprint density at radius 1 is 1.55 bits per heavy atom. The topological polar surface area (TPSA) is 92.9 Å². The first-order valence-corrected chi connectivity index (χ1v) is 8.18. The van der Waals surface area contributed by atoms with Crippen LogP contribution in [0.3, 0.4) is 0 Å². The Kier molecular flexibility index (Phi) is 4.21. The van der Waals surface area contributed by atoms with Gasteiger partial charge in [-0.05, 0) is 37.7 Å². The summed E-state index contributed by atoms with van der Waals surface area (Å²) in [5.41, 5.74) is 0.706. The van der Waals surface area contributed by atoms with Crippen molar-refractivity contribution in [1.29, 1.82) is 0 Å². The van der Waals surface area contributed by atoms with Crippen molar-refractivity contribution in [3.8, 4) is 0 Å². The first kappa shape index (κ1) is 15.1. The zero-order chi connectivity index (χ0) is 15.7. The summed E-state index contributed by atoms with van der Waals surface area (Å²) in [6.07, 6.45) is 5.19. The number of imidazole rings is 1. The number of carbonyl (C=O) groups is 1. The first-order valence-electron chi connectivity index (χ1n) is 7.41. The molecule has 3 rings (SSSR count). The van der Waals surface area contributed by atoms with Crippen LogP contribution in [-0.4, -0.2) is 42.3 Å². The normalized spacial score (nSPS) is 24.6. The highest BCUT2D eigenvalue weighted by Gasteiger charge is 2.37. The third kappa shape index (κ3) is 2.64. The SMILES string of the molecule is CCc1nnsc1C(=O)N[C@@H]1CC[C@@H](n2ccnc2C)[C@@H]1O. The molecule has 0 saturated heterocycles. The van der Waals surface area contributed by atoms with Gasteiger partial charge < -0.3 is 15.0 Å². The summed E-state index contributed by atoms with van der Waals surface area (Å²) in [6.45, 7) is 3.85. The van der Waals surface area contributed by atoms with Gasteiger partial charge in [0, 0.05) is 12.4 Å².